The monoisotopic (exact) mass is 1230 g/mol. The molecule has 0 aromatic heterocycles. The fourth-order valence-corrected chi connectivity index (χ4v) is 16.6. The average Bonchev–Trinajstić information content (AvgIpc) is 0.779. The van der Waals surface area contributed by atoms with Gasteiger partial charge in [0.25, 0.3) is 0 Å². The zero-order chi connectivity index (χ0) is 66.3. The standard InChI is InChI=1S/C77H112O8P2/c1-47(63(37-48(79-27)34-35-78-26)86(50-39-54(70(2,3)4)66(82-30)55(40-50)71(5,6)7)51-41-56(72(8,9)10)67(83-31)57(42-51)73(11,12)13)65-62(81-29)36-49(80-28)38-64(65)87(52-43-58(74(14,15)16)68(84-32)59(44-52)75(17,18)19)53-45-60(76(20,21)22)69(85-33)61(46-53)77(23,24)25/h34,36-46H,1,35H2,2-33H3. The van der Waals surface area contributed by atoms with Crippen LogP contribution in [-0.2, 0) is 52.8 Å². The van der Waals surface area contributed by atoms with Crippen LogP contribution in [0.4, 0.5) is 0 Å². The molecule has 5 rings (SSSR count). The molecule has 10 heteroatoms. The predicted molar refractivity (Wildman–Crippen MR) is 377 cm³/mol. The lowest BCUT2D eigenvalue weighted by Crippen LogP contribution is -2.30. The minimum Gasteiger partial charge on any atom is -0.497 e. The summed E-state index contributed by atoms with van der Waals surface area (Å²) in [4.78, 5) is 0. The fraction of sp³-hybridized carbons (Fsp3) is 0.532. The van der Waals surface area contributed by atoms with Gasteiger partial charge in [0.2, 0.25) is 0 Å². The summed E-state index contributed by atoms with van der Waals surface area (Å²) in [5, 5.41) is 6.55. The Hall–Kier alpha value is -5.26. The van der Waals surface area contributed by atoms with Crippen LogP contribution in [0.5, 0.6) is 34.5 Å². The Labute approximate surface area is 531 Å². The van der Waals surface area contributed by atoms with E-state index in [9.17, 15) is 0 Å². The molecule has 0 aliphatic carbocycles. The van der Waals surface area contributed by atoms with Crippen molar-refractivity contribution in [3.63, 3.8) is 0 Å². The van der Waals surface area contributed by atoms with E-state index in [1.807, 2.05) is 26.4 Å². The topological polar surface area (TPSA) is 73.8 Å². The number of methoxy groups -OCH3 is 8. The van der Waals surface area contributed by atoms with Gasteiger partial charge in [-0.25, -0.2) is 0 Å². The van der Waals surface area contributed by atoms with E-state index in [2.05, 4.69) is 227 Å². The molecule has 8 nitrogen and oxygen atoms in total. The Morgan fingerprint density at radius 3 is 0.897 bits per heavy atom. The highest BCUT2D eigenvalue weighted by atomic mass is 31.1. The van der Waals surface area contributed by atoms with Crippen molar-refractivity contribution < 1.29 is 37.9 Å². The summed E-state index contributed by atoms with van der Waals surface area (Å²) in [5.41, 5.74) is 8.10. The number of hydrogen-bond acceptors (Lipinski definition) is 8. The van der Waals surface area contributed by atoms with Crippen LogP contribution < -0.4 is 54.9 Å². The van der Waals surface area contributed by atoms with Gasteiger partial charge in [-0.2, -0.15) is 0 Å². The van der Waals surface area contributed by atoms with Gasteiger partial charge >= 0.3 is 0 Å². The van der Waals surface area contributed by atoms with Crippen molar-refractivity contribution in [3.8, 4) is 34.5 Å². The maximum atomic E-state index is 6.82. The van der Waals surface area contributed by atoms with Crippen LogP contribution in [0.3, 0.4) is 0 Å². The van der Waals surface area contributed by atoms with Crippen molar-refractivity contribution in [2.45, 2.75) is 209 Å². The maximum Gasteiger partial charge on any atom is 0.131 e. The zero-order valence-corrected chi connectivity index (χ0v) is 61.8. The van der Waals surface area contributed by atoms with Crippen molar-refractivity contribution in [2.75, 3.05) is 63.5 Å². The van der Waals surface area contributed by atoms with Crippen LogP contribution in [0, 0.1) is 0 Å². The lowest BCUT2D eigenvalue weighted by Gasteiger charge is -2.36. The van der Waals surface area contributed by atoms with E-state index < -0.39 is 15.8 Å². The molecule has 5 aromatic carbocycles. The molecule has 5 aromatic rings. The van der Waals surface area contributed by atoms with E-state index >= 15 is 0 Å². The molecule has 0 unspecified atom stereocenters. The van der Waals surface area contributed by atoms with Gasteiger partial charge in [0, 0.05) is 68.6 Å². The molecule has 0 atom stereocenters. The number of rotatable bonds is 18. The summed E-state index contributed by atoms with van der Waals surface area (Å²) < 4.78 is 51.6. The van der Waals surface area contributed by atoms with Crippen LogP contribution in [0.25, 0.3) is 5.57 Å². The first kappa shape index (κ1) is 72.5. The molecule has 0 aliphatic rings. The first-order chi connectivity index (χ1) is 39.8. The van der Waals surface area contributed by atoms with Crippen molar-refractivity contribution in [2.24, 2.45) is 0 Å². The molecule has 478 valence electrons. The Bertz CT molecular complexity index is 3050. The molecule has 0 heterocycles. The van der Waals surface area contributed by atoms with Gasteiger partial charge in [-0.3, -0.25) is 0 Å². The molecule has 0 saturated carbocycles. The maximum absolute atomic E-state index is 6.82. The SMILES string of the molecule is C=C(C(=CC(=CCOC)OC)P(c1cc(C(C)(C)C)c(OC)c(C(C)(C)C)c1)c1cc(C(C)(C)C)c(OC)c(C(C)(C)C)c1)c1c(OC)cc(OC)cc1P(c1cc(C(C)(C)C)c(OC)c(C(C)(C)C)c1)c1cc(C(C)(C)C)c(OC)c(C(C)(C)C)c1. The van der Waals surface area contributed by atoms with Crippen molar-refractivity contribution in [3.05, 3.63) is 141 Å². The summed E-state index contributed by atoms with van der Waals surface area (Å²) in [7, 11) is 11.0. The second kappa shape index (κ2) is 26.7. The normalized spacial score (nSPS) is 13.5. The highest BCUT2D eigenvalue weighted by molar-refractivity contribution is 7.80. The summed E-state index contributed by atoms with van der Waals surface area (Å²) in [6.45, 7) is 60.4. The van der Waals surface area contributed by atoms with Crippen molar-refractivity contribution >= 4 is 47.9 Å². The quantitative estimate of drug-likeness (QED) is 0.0488. The molecular weight excluding hydrogens is 1110 g/mol. The van der Waals surface area contributed by atoms with Crippen LogP contribution in [0.15, 0.2) is 90.5 Å². The van der Waals surface area contributed by atoms with Crippen molar-refractivity contribution in [1.29, 1.82) is 0 Å². The van der Waals surface area contributed by atoms with Gasteiger partial charge in [0.1, 0.15) is 40.3 Å². The van der Waals surface area contributed by atoms with Crippen LogP contribution in [0.2, 0.25) is 0 Å². The minimum atomic E-state index is -1.61. The summed E-state index contributed by atoms with van der Waals surface area (Å²) >= 11 is 0. The van der Waals surface area contributed by atoms with Crippen LogP contribution in [-0.4, -0.2) is 63.5 Å². The largest absolute Gasteiger partial charge is 0.497 e. The Balaban J connectivity index is 2.30. The second-order valence-corrected chi connectivity index (χ2v) is 35.8. The second-order valence-electron chi connectivity index (χ2n) is 31.5. The van der Waals surface area contributed by atoms with E-state index in [1.54, 1.807) is 42.7 Å². The molecule has 87 heavy (non-hydrogen) atoms. The third-order valence-corrected chi connectivity index (χ3v) is 21.0. The van der Waals surface area contributed by atoms with Gasteiger partial charge in [0.05, 0.1) is 56.4 Å². The van der Waals surface area contributed by atoms with E-state index in [4.69, 9.17) is 44.5 Å². The molecule has 0 amide bonds. The van der Waals surface area contributed by atoms with Crippen LogP contribution >= 0.6 is 15.8 Å². The number of benzene rings is 5. The molecule has 0 bridgehead atoms. The van der Waals surface area contributed by atoms with E-state index in [0.717, 1.165) is 110 Å². The molecular formula is C77H112O8P2. The highest BCUT2D eigenvalue weighted by Gasteiger charge is 2.39. The Morgan fingerprint density at radius 1 is 0.379 bits per heavy atom. The third-order valence-electron chi connectivity index (χ3n) is 16.2. The number of allylic oxidation sites excluding steroid dienone is 3. The summed E-state index contributed by atoms with van der Waals surface area (Å²) in [6, 6.07) is 23.5. The van der Waals surface area contributed by atoms with E-state index in [1.165, 1.54) is 0 Å². The van der Waals surface area contributed by atoms with Gasteiger partial charge < -0.3 is 37.9 Å². The first-order valence-corrected chi connectivity index (χ1v) is 33.4. The number of ether oxygens (including phenoxy) is 8. The lowest BCUT2D eigenvalue weighted by atomic mass is 9.79. The van der Waals surface area contributed by atoms with E-state index in [-0.39, 0.29) is 43.3 Å². The van der Waals surface area contributed by atoms with E-state index in [0.29, 0.717) is 23.9 Å². The van der Waals surface area contributed by atoms with Gasteiger partial charge in [-0.05, 0) is 158 Å². The van der Waals surface area contributed by atoms with Gasteiger partial charge in [-0.15, -0.1) is 0 Å². The smallest absolute Gasteiger partial charge is 0.131 e. The fourth-order valence-electron chi connectivity index (χ4n) is 11.4. The van der Waals surface area contributed by atoms with Crippen molar-refractivity contribution in [1.82, 2.24) is 0 Å². The Kier molecular flexibility index (Phi) is 22.2. The van der Waals surface area contributed by atoms with Gasteiger partial charge in [0.15, 0.2) is 0 Å². The molecule has 0 fully saturated rings. The molecule has 0 aliphatic heterocycles. The number of hydrogen-bond donors (Lipinski definition) is 0. The molecule has 0 spiro atoms. The first-order valence-electron chi connectivity index (χ1n) is 30.7. The van der Waals surface area contributed by atoms with Gasteiger partial charge in [-0.1, -0.05) is 173 Å². The van der Waals surface area contributed by atoms with Crippen LogP contribution in [0.1, 0.15) is 216 Å². The zero-order valence-electron chi connectivity index (χ0n) is 60.0. The third kappa shape index (κ3) is 16.0. The molecule has 0 N–H and O–H groups in total. The minimum absolute atomic E-state index is 0.308. The average molecular weight is 1230 g/mol. The summed E-state index contributed by atoms with van der Waals surface area (Å²) in [6.07, 6.45) is 4.22. The molecule has 0 radical (unpaired) electrons. The molecule has 0 saturated heterocycles. The lowest BCUT2D eigenvalue weighted by molar-refractivity contribution is 0.226. The Morgan fingerprint density at radius 2 is 0.667 bits per heavy atom. The highest BCUT2D eigenvalue weighted by Crippen LogP contribution is 2.57. The predicted octanol–water partition coefficient (Wildman–Crippen LogP) is 18.1. The summed E-state index contributed by atoms with van der Waals surface area (Å²) in [5.74, 6) is 5.53.